The Balaban J connectivity index is 1.25. The number of aliphatic imine (C=N–C) groups is 1. The van der Waals surface area contributed by atoms with Gasteiger partial charge in [0.1, 0.15) is 17.2 Å². The first kappa shape index (κ1) is 46.8. The molecule has 4 rings (SSSR count). The molecule has 0 spiro atoms. The van der Waals surface area contributed by atoms with Gasteiger partial charge in [-0.3, -0.25) is 4.99 Å². The van der Waals surface area contributed by atoms with E-state index in [-0.39, 0.29) is 17.2 Å². The Kier molecular flexibility index (Phi) is 19.6. The number of nitrogens with zero attached hydrogens (tertiary/aromatic N) is 1. The van der Waals surface area contributed by atoms with Crippen molar-refractivity contribution in [1.82, 2.24) is 0 Å². The molecule has 0 atom stereocenters. The summed E-state index contributed by atoms with van der Waals surface area (Å²) in [5.41, 5.74) is 2.63. The van der Waals surface area contributed by atoms with Crippen molar-refractivity contribution in [2.24, 2.45) is 4.99 Å². The van der Waals surface area contributed by atoms with E-state index in [0.717, 1.165) is 63.5 Å². The maximum atomic E-state index is 13.1. The van der Waals surface area contributed by atoms with Crippen molar-refractivity contribution in [3.63, 3.8) is 0 Å². The van der Waals surface area contributed by atoms with Crippen LogP contribution in [0.5, 0.6) is 34.5 Å². The standard InChI is InChI=1S/C48H53NO12/c1-6-44(50)58-28-14-10-8-12-26-56-39-21-16-36(17-22-39)47(52)60-41-25-20-38(30-34(41)3)49-33-35-31-42(54-4)46(43(32-35)55-5)61-48(53)37-18-23-40(24-19-37)57-27-13-9-11-15-29-59-45(51)7-2/h6-7,16-25,30-33H,1-2,8-15,26-29H2,3-5H3/b49-33+. The number of hydrogen-bond acceptors (Lipinski definition) is 13. The molecule has 4 aromatic carbocycles. The van der Waals surface area contributed by atoms with E-state index in [1.807, 2.05) is 6.92 Å². The van der Waals surface area contributed by atoms with E-state index in [4.69, 9.17) is 37.9 Å². The summed E-state index contributed by atoms with van der Waals surface area (Å²) in [4.78, 5) is 52.8. The van der Waals surface area contributed by atoms with Crippen molar-refractivity contribution in [3.8, 4) is 34.5 Å². The lowest BCUT2D eigenvalue weighted by Gasteiger charge is -2.14. The van der Waals surface area contributed by atoms with Gasteiger partial charge in [0.15, 0.2) is 11.5 Å². The van der Waals surface area contributed by atoms with E-state index in [9.17, 15) is 19.2 Å². The van der Waals surface area contributed by atoms with Gasteiger partial charge in [-0.05, 0) is 143 Å². The van der Waals surface area contributed by atoms with Crippen LogP contribution >= 0.6 is 0 Å². The van der Waals surface area contributed by atoms with Gasteiger partial charge in [0.2, 0.25) is 5.75 Å². The SMILES string of the molecule is C=CC(=O)OCCCCCCOc1ccc(C(=O)Oc2ccc(/N=C/c3cc(OC)c(OC(=O)c4ccc(OCCCCCCOC(=O)C=C)cc4)c(OC)c3)cc2C)cc1. The average molecular weight is 836 g/mol. The summed E-state index contributed by atoms with van der Waals surface area (Å²) in [7, 11) is 2.92. The van der Waals surface area contributed by atoms with Crippen LogP contribution in [0.15, 0.2) is 109 Å². The van der Waals surface area contributed by atoms with Crippen LogP contribution in [-0.4, -0.2) is 70.7 Å². The normalized spacial score (nSPS) is 10.7. The molecule has 0 saturated carbocycles. The van der Waals surface area contributed by atoms with E-state index >= 15 is 0 Å². The third-order valence-corrected chi connectivity index (χ3v) is 9.02. The second kappa shape index (κ2) is 25.6. The third-order valence-electron chi connectivity index (χ3n) is 9.02. The highest BCUT2D eigenvalue weighted by Gasteiger charge is 2.19. The zero-order valence-electron chi connectivity index (χ0n) is 35.0. The van der Waals surface area contributed by atoms with E-state index in [1.54, 1.807) is 85.1 Å². The monoisotopic (exact) mass is 835 g/mol. The molecule has 0 aromatic heterocycles. The molecule has 0 unspecified atom stereocenters. The highest BCUT2D eigenvalue weighted by atomic mass is 16.6. The van der Waals surface area contributed by atoms with Crippen molar-refractivity contribution in [3.05, 3.63) is 126 Å². The van der Waals surface area contributed by atoms with Crippen molar-refractivity contribution in [2.45, 2.75) is 58.3 Å². The van der Waals surface area contributed by atoms with Gasteiger partial charge < -0.3 is 37.9 Å². The van der Waals surface area contributed by atoms with Crippen LogP contribution < -0.4 is 28.4 Å². The molecule has 0 N–H and O–H groups in total. The first-order chi connectivity index (χ1) is 29.6. The molecule has 322 valence electrons. The Morgan fingerprint density at radius 1 is 0.557 bits per heavy atom. The summed E-state index contributed by atoms with van der Waals surface area (Å²) in [6, 6.07) is 22.0. The highest BCUT2D eigenvalue weighted by molar-refractivity contribution is 5.93. The summed E-state index contributed by atoms with van der Waals surface area (Å²) in [5, 5.41) is 0. The van der Waals surface area contributed by atoms with Crippen molar-refractivity contribution in [1.29, 1.82) is 0 Å². The number of carbonyl (C=O) groups excluding carboxylic acids is 4. The number of methoxy groups -OCH3 is 2. The van der Waals surface area contributed by atoms with Gasteiger partial charge in [0.05, 0.1) is 57.5 Å². The van der Waals surface area contributed by atoms with Crippen LogP contribution in [0.25, 0.3) is 0 Å². The minimum atomic E-state index is -0.606. The number of aryl methyl sites for hydroxylation is 1. The molecule has 4 aromatic rings. The van der Waals surface area contributed by atoms with Crippen LogP contribution in [0.2, 0.25) is 0 Å². The minimum absolute atomic E-state index is 0.116. The number of hydrogen-bond donors (Lipinski definition) is 0. The summed E-state index contributed by atoms with van der Waals surface area (Å²) >= 11 is 0. The molecule has 0 saturated heterocycles. The zero-order valence-corrected chi connectivity index (χ0v) is 35.0. The Labute approximate surface area is 356 Å². The lowest BCUT2D eigenvalue weighted by Crippen LogP contribution is -2.10. The topological polar surface area (TPSA) is 154 Å². The fraction of sp³-hybridized carbons (Fsp3) is 0.312. The molecule has 0 aliphatic rings. The maximum Gasteiger partial charge on any atom is 0.343 e. The molecule has 13 nitrogen and oxygen atoms in total. The molecule has 13 heteroatoms. The predicted molar refractivity (Wildman–Crippen MR) is 231 cm³/mol. The van der Waals surface area contributed by atoms with E-state index in [1.165, 1.54) is 14.2 Å². The zero-order chi connectivity index (χ0) is 43.8. The highest BCUT2D eigenvalue weighted by Crippen LogP contribution is 2.39. The Morgan fingerprint density at radius 2 is 1.02 bits per heavy atom. The average Bonchev–Trinajstić information content (AvgIpc) is 3.28. The van der Waals surface area contributed by atoms with Gasteiger partial charge in [-0.2, -0.15) is 0 Å². The molecule has 0 bridgehead atoms. The number of ether oxygens (including phenoxy) is 8. The van der Waals surface area contributed by atoms with Gasteiger partial charge in [0, 0.05) is 23.9 Å². The number of esters is 4. The van der Waals surface area contributed by atoms with E-state index in [0.29, 0.717) is 71.6 Å². The van der Waals surface area contributed by atoms with Crippen LogP contribution in [0.1, 0.15) is 83.2 Å². The molecule has 0 radical (unpaired) electrons. The lowest BCUT2D eigenvalue weighted by molar-refractivity contribution is -0.138. The Bertz CT molecular complexity index is 2080. The smallest absolute Gasteiger partial charge is 0.343 e. The summed E-state index contributed by atoms with van der Waals surface area (Å²) < 4.78 is 44.1. The van der Waals surface area contributed by atoms with E-state index in [2.05, 4.69) is 18.2 Å². The van der Waals surface area contributed by atoms with Gasteiger partial charge in [-0.25, -0.2) is 19.2 Å². The fourth-order valence-electron chi connectivity index (χ4n) is 5.70. The quantitative estimate of drug-likeness (QED) is 0.0195. The van der Waals surface area contributed by atoms with Crippen molar-refractivity contribution in [2.75, 3.05) is 40.6 Å². The summed E-state index contributed by atoms with van der Waals surface area (Å²) in [6.07, 6.45) is 10.9. The van der Waals surface area contributed by atoms with E-state index < -0.39 is 23.9 Å². The van der Waals surface area contributed by atoms with Gasteiger partial charge in [0.25, 0.3) is 0 Å². The first-order valence-corrected chi connectivity index (χ1v) is 20.0. The Hall–Kier alpha value is -6.89. The van der Waals surface area contributed by atoms with Gasteiger partial charge >= 0.3 is 23.9 Å². The molecule has 0 fully saturated rings. The van der Waals surface area contributed by atoms with Crippen LogP contribution in [0.3, 0.4) is 0 Å². The molecule has 61 heavy (non-hydrogen) atoms. The van der Waals surface area contributed by atoms with Crippen LogP contribution in [0.4, 0.5) is 5.69 Å². The lowest BCUT2D eigenvalue weighted by atomic mass is 10.1. The number of benzene rings is 4. The predicted octanol–water partition coefficient (Wildman–Crippen LogP) is 9.54. The second-order valence-electron chi connectivity index (χ2n) is 13.6. The largest absolute Gasteiger partial charge is 0.494 e. The fourth-order valence-corrected chi connectivity index (χ4v) is 5.70. The number of carbonyl (C=O) groups is 4. The summed E-state index contributed by atoms with van der Waals surface area (Å²) in [6.45, 7) is 10.4. The molecule has 0 aliphatic heterocycles. The number of unbranched alkanes of at least 4 members (excludes halogenated alkanes) is 6. The van der Waals surface area contributed by atoms with Crippen LogP contribution in [0, 0.1) is 6.92 Å². The maximum absolute atomic E-state index is 13.1. The second-order valence-corrected chi connectivity index (χ2v) is 13.6. The van der Waals surface area contributed by atoms with Gasteiger partial charge in [-0.15, -0.1) is 0 Å². The minimum Gasteiger partial charge on any atom is -0.494 e. The number of rotatable bonds is 26. The molecule has 0 amide bonds. The molecule has 0 heterocycles. The van der Waals surface area contributed by atoms with Crippen LogP contribution in [-0.2, 0) is 19.1 Å². The molecular weight excluding hydrogens is 783 g/mol. The third kappa shape index (κ3) is 16.0. The first-order valence-electron chi connectivity index (χ1n) is 20.0. The summed E-state index contributed by atoms with van der Waals surface area (Å²) in [5.74, 6) is 0.387. The molecule has 0 aliphatic carbocycles. The van der Waals surface area contributed by atoms with Crippen molar-refractivity contribution < 1.29 is 57.1 Å². The van der Waals surface area contributed by atoms with Gasteiger partial charge in [-0.1, -0.05) is 13.2 Å². The molecular formula is C48H53NO12. The Morgan fingerprint density at radius 3 is 1.46 bits per heavy atom. The van der Waals surface area contributed by atoms with Crippen molar-refractivity contribution >= 4 is 35.8 Å².